The lowest BCUT2D eigenvalue weighted by molar-refractivity contribution is -0.0143. The van der Waals surface area contributed by atoms with E-state index in [4.69, 9.17) is 4.74 Å². The Morgan fingerprint density at radius 1 is 1.15 bits per heavy atom. The van der Waals surface area contributed by atoms with Crippen molar-refractivity contribution >= 4 is 17.2 Å². The monoisotopic (exact) mass is 460 g/mol. The van der Waals surface area contributed by atoms with E-state index in [2.05, 4.69) is 34.4 Å². The molecule has 1 atom stereocenters. The number of ether oxygens (including phenoxy) is 1. The maximum Gasteiger partial charge on any atom is 0.270 e. The highest BCUT2D eigenvalue weighted by Gasteiger charge is 2.31. The van der Waals surface area contributed by atoms with E-state index in [0.717, 1.165) is 42.8 Å². The van der Waals surface area contributed by atoms with Gasteiger partial charge in [-0.1, -0.05) is 12.1 Å². The van der Waals surface area contributed by atoms with Crippen molar-refractivity contribution in [2.45, 2.75) is 51.5 Å². The summed E-state index contributed by atoms with van der Waals surface area (Å²) in [5.74, 6) is -0.414. The van der Waals surface area contributed by atoms with E-state index in [0.29, 0.717) is 5.65 Å². The van der Waals surface area contributed by atoms with Crippen LogP contribution in [0.3, 0.4) is 0 Å². The fourth-order valence-electron chi connectivity index (χ4n) is 4.31. The Morgan fingerprint density at radius 3 is 2.85 bits per heavy atom. The molecule has 0 radical (unpaired) electrons. The van der Waals surface area contributed by atoms with Crippen LogP contribution in [0.25, 0.3) is 11.3 Å². The maximum atomic E-state index is 12.6. The average Bonchev–Trinajstić information content (AvgIpc) is 3.39. The fourth-order valence-corrected chi connectivity index (χ4v) is 4.31. The van der Waals surface area contributed by atoms with Crippen molar-refractivity contribution in [1.29, 1.82) is 0 Å². The first-order valence-corrected chi connectivity index (χ1v) is 11.5. The van der Waals surface area contributed by atoms with Gasteiger partial charge in [-0.3, -0.25) is 14.0 Å². The number of hydrogen-bond donors (Lipinski definition) is 2. The summed E-state index contributed by atoms with van der Waals surface area (Å²) in [6.45, 7) is 6.08. The Kier molecular flexibility index (Phi) is 5.89. The molecule has 0 saturated carbocycles. The molecule has 2 N–H and O–H groups in total. The number of rotatable bonds is 7. The Morgan fingerprint density at radius 2 is 2.03 bits per heavy atom. The normalized spacial score (nSPS) is 17.4. The van der Waals surface area contributed by atoms with Gasteiger partial charge in [0.2, 0.25) is 0 Å². The number of imidazole rings is 1. The van der Waals surface area contributed by atoms with Gasteiger partial charge < -0.3 is 19.8 Å². The molecule has 9 heteroatoms. The van der Waals surface area contributed by atoms with Crippen LogP contribution in [0, 0.1) is 0 Å². The molecule has 1 saturated heterocycles. The van der Waals surface area contributed by atoms with Crippen LogP contribution in [-0.4, -0.2) is 42.9 Å². The summed E-state index contributed by atoms with van der Waals surface area (Å²) in [7, 11) is 0. The van der Waals surface area contributed by atoms with Gasteiger partial charge >= 0.3 is 0 Å². The second kappa shape index (κ2) is 9.00. The Bertz CT molecular complexity index is 1410. The van der Waals surface area contributed by atoms with Crippen molar-refractivity contribution in [2.24, 2.45) is 0 Å². The second-order valence-electron chi connectivity index (χ2n) is 9.30. The highest BCUT2D eigenvalue weighted by atomic mass is 16.5. The van der Waals surface area contributed by atoms with Crippen LogP contribution in [0.1, 0.15) is 48.4 Å². The molecule has 0 bridgehead atoms. The molecule has 1 aliphatic heterocycles. The molecule has 1 fully saturated rings. The van der Waals surface area contributed by atoms with Crippen LogP contribution in [0.2, 0.25) is 0 Å². The smallest absolute Gasteiger partial charge is 0.270 e. The fraction of sp³-hybridized carbons (Fsp3) is 0.360. The van der Waals surface area contributed by atoms with Crippen molar-refractivity contribution in [2.75, 3.05) is 6.54 Å². The van der Waals surface area contributed by atoms with Gasteiger partial charge in [0, 0.05) is 37.7 Å². The van der Waals surface area contributed by atoms with Gasteiger partial charge in [-0.15, -0.1) is 0 Å². The van der Waals surface area contributed by atoms with E-state index >= 15 is 0 Å². The molecule has 1 amide bonds. The number of carbonyl (C=O) groups is 1. The summed E-state index contributed by atoms with van der Waals surface area (Å²) in [5, 5.41) is 6.28. The molecule has 5 rings (SSSR count). The number of nitrogens with zero attached hydrogens (tertiary/aromatic N) is 4. The topological polar surface area (TPSA) is 102 Å². The average molecular weight is 461 g/mol. The lowest BCUT2D eigenvalue weighted by atomic mass is 10.1. The molecule has 5 heterocycles. The zero-order chi connectivity index (χ0) is 23.7. The first-order chi connectivity index (χ1) is 16.4. The Balaban J connectivity index is 1.19. The summed E-state index contributed by atoms with van der Waals surface area (Å²) >= 11 is 0. The number of pyridine rings is 2. The summed E-state index contributed by atoms with van der Waals surface area (Å²) in [4.78, 5) is 33.6. The van der Waals surface area contributed by atoms with Gasteiger partial charge in [0.1, 0.15) is 17.0 Å². The molecule has 0 aliphatic carbocycles. The number of fused-ring (bicyclic) bond motifs is 2. The second-order valence-corrected chi connectivity index (χ2v) is 9.30. The minimum Gasteiger partial charge on any atom is -0.371 e. The minimum atomic E-state index is -0.414. The largest absolute Gasteiger partial charge is 0.371 e. The molecule has 1 aliphatic rings. The van der Waals surface area contributed by atoms with Gasteiger partial charge in [0.05, 0.1) is 23.9 Å². The third kappa shape index (κ3) is 4.85. The van der Waals surface area contributed by atoms with E-state index in [1.54, 1.807) is 24.4 Å². The molecule has 34 heavy (non-hydrogen) atoms. The third-order valence-electron chi connectivity index (χ3n) is 6.05. The zero-order valence-electron chi connectivity index (χ0n) is 19.3. The summed E-state index contributed by atoms with van der Waals surface area (Å²) in [5.41, 5.74) is 2.86. The quantitative estimate of drug-likeness (QED) is 0.439. The standard InChI is InChI=1S/C25H28N6O3/c1-25(2)9-8-19(34-25)14-26-12-17-6-7-21-28-18(16-30(21)15-17)13-27-24(33)20-11-23(32)31-10-4-3-5-22(31)29-20/h3-7,10-11,15-16,19,26H,8-9,12-14H2,1-2H3,(H,27,33). The summed E-state index contributed by atoms with van der Waals surface area (Å²) in [6.07, 6.45) is 7.98. The van der Waals surface area contributed by atoms with Crippen LogP contribution in [0.15, 0.2) is 59.8 Å². The van der Waals surface area contributed by atoms with Crippen LogP contribution in [0.5, 0.6) is 0 Å². The van der Waals surface area contributed by atoms with E-state index in [-0.39, 0.29) is 29.5 Å². The summed E-state index contributed by atoms with van der Waals surface area (Å²) in [6, 6.07) is 10.4. The van der Waals surface area contributed by atoms with E-state index in [9.17, 15) is 9.59 Å². The maximum absolute atomic E-state index is 12.6. The van der Waals surface area contributed by atoms with Crippen molar-refractivity contribution in [3.05, 3.63) is 82.3 Å². The molecule has 0 spiro atoms. The van der Waals surface area contributed by atoms with E-state index < -0.39 is 5.91 Å². The molecule has 0 aromatic carbocycles. The highest BCUT2D eigenvalue weighted by molar-refractivity contribution is 5.92. The molecule has 9 nitrogen and oxygen atoms in total. The van der Waals surface area contributed by atoms with E-state index in [1.807, 2.05) is 28.9 Å². The molecular formula is C25H28N6O3. The molecular weight excluding hydrogens is 432 g/mol. The molecule has 176 valence electrons. The number of nitrogens with one attached hydrogen (secondary N) is 2. The van der Waals surface area contributed by atoms with Crippen molar-refractivity contribution in [1.82, 2.24) is 29.4 Å². The Labute approximate surface area is 196 Å². The SMILES string of the molecule is CC1(C)CCC(CNCc2ccc3nc(CNC(=O)c4cc(=O)n5ccccc5n4)cn3c2)O1. The van der Waals surface area contributed by atoms with Gasteiger partial charge in [-0.2, -0.15) is 0 Å². The lowest BCUT2D eigenvalue weighted by Crippen LogP contribution is -2.29. The van der Waals surface area contributed by atoms with Crippen molar-refractivity contribution in [3.8, 4) is 0 Å². The van der Waals surface area contributed by atoms with Crippen LogP contribution < -0.4 is 16.2 Å². The summed E-state index contributed by atoms with van der Waals surface area (Å²) < 4.78 is 9.38. The van der Waals surface area contributed by atoms with Crippen molar-refractivity contribution in [3.63, 3.8) is 0 Å². The van der Waals surface area contributed by atoms with Crippen LogP contribution in [0.4, 0.5) is 0 Å². The van der Waals surface area contributed by atoms with Gasteiger partial charge in [-0.05, 0) is 50.5 Å². The minimum absolute atomic E-state index is 0.0194. The lowest BCUT2D eigenvalue weighted by Gasteiger charge is -2.19. The predicted octanol–water partition coefficient (Wildman–Crippen LogP) is 2.32. The number of aromatic nitrogens is 4. The van der Waals surface area contributed by atoms with Crippen molar-refractivity contribution < 1.29 is 9.53 Å². The van der Waals surface area contributed by atoms with Gasteiger partial charge in [0.25, 0.3) is 11.5 Å². The first kappa shape index (κ1) is 22.2. The van der Waals surface area contributed by atoms with Gasteiger partial charge in [0.15, 0.2) is 0 Å². The molecule has 1 unspecified atom stereocenters. The molecule has 4 aromatic rings. The zero-order valence-corrected chi connectivity index (χ0v) is 19.3. The van der Waals surface area contributed by atoms with Crippen LogP contribution in [-0.2, 0) is 17.8 Å². The van der Waals surface area contributed by atoms with Gasteiger partial charge in [-0.25, -0.2) is 9.97 Å². The predicted molar refractivity (Wildman–Crippen MR) is 128 cm³/mol. The molecule has 4 aromatic heterocycles. The number of amides is 1. The third-order valence-corrected chi connectivity index (χ3v) is 6.05. The highest BCUT2D eigenvalue weighted by Crippen LogP contribution is 2.28. The van der Waals surface area contributed by atoms with Crippen LogP contribution >= 0.6 is 0 Å². The number of carbonyl (C=O) groups excluding carboxylic acids is 1. The first-order valence-electron chi connectivity index (χ1n) is 11.5. The number of hydrogen-bond acceptors (Lipinski definition) is 6. The Hall–Kier alpha value is -3.56. The van der Waals surface area contributed by atoms with E-state index in [1.165, 1.54) is 10.5 Å².